The second-order valence-corrected chi connectivity index (χ2v) is 9.54. The van der Waals surface area contributed by atoms with Gasteiger partial charge in [-0.2, -0.15) is 10.2 Å². The Balaban J connectivity index is 1.29. The molecule has 9 nitrogen and oxygen atoms in total. The van der Waals surface area contributed by atoms with Crippen LogP contribution in [-0.4, -0.2) is 65.9 Å². The number of hydrogen-bond acceptors (Lipinski definition) is 8. The van der Waals surface area contributed by atoms with Crippen LogP contribution in [0.2, 0.25) is 0 Å². The standard InChI is InChI=1S/C27H31N5O4/c1-17(2)35-24-9-6-18(14-19(24)15-28)27-30-26(31-36-27)22-5-3-4-21-20(22)7-8-23(21)29-16-25(33)32-10-12-34-13-11-32/h5-6,9,14,17,23,29H,3-4,7-8,10-13,16H2,1-2H3. The Bertz CT molecular complexity index is 1230. The lowest BCUT2D eigenvalue weighted by Gasteiger charge is -2.28. The van der Waals surface area contributed by atoms with Crippen molar-refractivity contribution in [1.29, 1.82) is 5.26 Å². The Hall–Kier alpha value is -3.48. The smallest absolute Gasteiger partial charge is 0.258 e. The molecule has 5 rings (SSSR count). The fraction of sp³-hybridized carbons (Fsp3) is 0.481. The quantitative estimate of drug-likeness (QED) is 0.629. The molecule has 0 radical (unpaired) electrons. The van der Waals surface area contributed by atoms with E-state index >= 15 is 0 Å². The van der Waals surface area contributed by atoms with Crippen LogP contribution >= 0.6 is 0 Å². The minimum atomic E-state index is -0.0270. The van der Waals surface area contributed by atoms with Gasteiger partial charge in [-0.3, -0.25) is 4.79 Å². The van der Waals surface area contributed by atoms with E-state index in [9.17, 15) is 10.1 Å². The number of ether oxygens (including phenoxy) is 2. The first-order valence-electron chi connectivity index (χ1n) is 12.6. The van der Waals surface area contributed by atoms with Crippen molar-refractivity contribution in [1.82, 2.24) is 20.4 Å². The third-order valence-electron chi connectivity index (χ3n) is 6.82. The lowest BCUT2D eigenvalue weighted by atomic mass is 9.91. The van der Waals surface area contributed by atoms with Gasteiger partial charge in [-0.1, -0.05) is 11.2 Å². The van der Waals surface area contributed by atoms with Gasteiger partial charge in [0.1, 0.15) is 11.8 Å². The Kier molecular flexibility index (Phi) is 7.16. The SMILES string of the molecule is CC(C)Oc1ccc(-c2nc(C3=CCCC4=C3CCC4NCC(=O)N3CCOCC3)no2)cc1C#N. The van der Waals surface area contributed by atoms with Gasteiger partial charge in [0.15, 0.2) is 0 Å². The third kappa shape index (κ3) is 5.06. The van der Waals surface area contributed by atoms with Crippen LogP contribution in [0.4, 0.5) is 0 Å². The second kappa shape index (κ2) is 10.6. The van der Waals surface area contributed by atoms with E-state index in [0.29, 0.717) is 61.4 Å². The molecule has 1 fully saturated rings. The van der Waals surface area contributed by atoms with Crippen LogP contribution in [-0.2, 0) is 9.53 Å². The van der Waals surface area contributed by atoms with Gasteiger partial charge in [0.05, 0.1) is 31.4 Å². The first-order valence-corrected chi connectivity index (χ1v) is 12.6. The molecule has 1 atom stereocenters. The largest absolute Gasteiger partial charge is 0.490 e. The van der Waals surface area contributed by atoms with Gasteiger partial charge in [-0.05, 0) is 68.9 Å². The number of allylic oxidation sites excluding steroid dienone is 3. The molecule has 36 heavy (non-hydrogen) atoms. The van der Waals surface area contributed by atoms with Crippen molar-refractivity contribution in [2.45, 2.75) is 51.7 Å². The van der Waals surface area contributed by atoms with Crippen molar-refractivity contribution in [2.24, 2.45) is 0 Å². The van der Waals surface area contributed by atoms with E-state index in [2.05, 4.69) is 27.6 Å². The van der Waals surface area contributed by atoms with Gasteiger partial charge >= 0.3 is 0 Å². The number of hydrogen-bond donors (Lipinski definition) is 1. The number of nitriles is 1. The monoisotopic (exact) mass is 489 g/mol. The maximum Gasteiger partial charge on any atom is 0.258 e. The molecule has 1 aromatic heterocycles. The van der Waals surface area contributed by atoms with Crippen LogP contribution in [0, 0.1) is 11.3 Å². The van der Waals surface area contributed by atoms with Crippen LogP contribution in [0.3, 0.4) is 0 Å². The summed E-state index contributed by atoms with van der Waals surface area (Å²) in [6.07, 6.45) is 5.87. The molecule has 2 aliphatic carbocycles. The minimum Gasteiger partial charge on any atom is -0.490 e. The summed E-state index contributed by atoms with van der Waals surface area (Å²) in [5.41, 5.74) is 4.72. The number of carbonyl (C=O) groups excluding carboxylic acids is 1. The van der Waals surface area contributed by atoms with E-state index in [-0.39, 0.29) is 18.1 Å². The molecule has 188 valence electrons. The lowest BCUT2D eigenvalue weighted by molar-refractivity contribution is -0.134. The molecular weight excluding hydrogens is 458 g/mol. The molecular formula is C27H31N5O4. The van der Waals surface area contributed by atoms with Crippen LogP contribution in [0.5, 0.6) is 5.75 Å². The molecule has 2 heterocycles. The first-order chi connectivity index (χ1) is 17.5. The van der Waals surface area contributed by atoms with Gasteiger partial charge in [-0.25, -0.2) is 0 Å². The predicted molar refractivity (Wildman–Crippen MR) is 133 cm³/mol. The number of carbonyl (C=O) groups is 1. The van der Waals surface area contributed by atoms with Crippen molar-refractivity contribution in [3.8, 4) is 23.3 Å². The van der Waals surface area contributed by atoms with Crippen molar-refractivity contribution >= 4 is 11.5 Å². The summed E-state index contributed by atoms with van der Waals surface area (Å²) >= 11 is 0. The van der Waals surface area contributed by atoms with Gasteiger partial charge in [0, 0.05) is 30.3 Å². The molecule has 1 amide bonds. The van der Waals surface area contributed by atoms with Gasteiger partial charge in [0.25, 0.3) is 5.89 Å². The number of rotatable bonds is 7. The molecule has 0 bridgehead atoms. The van der Waals surface area contributed by atoms with Gasteiger partial charge < -0.3 is 24.2 Å². The van der Waals surface area contributed by atoms with Crippen LogP contribution < -0.4 is 10.1 Å². The van der Waals surface area contributed by atoms with E-state index in [0.717, 1.165) is 31.3 Å². The molecule has 2 aromatic rings. The molecule has 1 aromatic carbocycles. The second-order valence-electron chi connectivity index (χ2n) is 9.54. The fourth-order valence-corrected chi connectivity index (χ4v) is 5.11. The molecule has 1 unspecified atom stereocenters. The topological polar surface area (TPSA) is 114 Å². The average molecular weight is 490 g/mol. The normalized spacial score (nSPS) is 19.8. The van der Waals surface area contributed by atoms with E-state index in [4.69, 9.17) is 14.0 Å². The predicted octanol–water partition coefficient (Wildman–Crippen LogP) is 3.48. The van der Waals surface area contributed by atoms with E-state index in [1.54, 1.807) is 12.1 Å². The third-order valence-corrected chi connectivity index (χ3v) is 6.82. The zero-order valence-corrected chi connectivity index (χ0v) is 20.7. The summed E-state index contributed by atoms with van der Waals surface area (Å²) < 4.78 is 16.7. The van der Waals surface area contributed by atoms with Crippen LogP contribution in [0.15, 0.2) is 39.9 Å². The van der Waals surface area contributed by atoms with E-state index in [1.807, 2.05) is 24.8 Å². The number of amides is 1. The van der Waals surface area contributed by atoms with Gasteiger partial charge in [-0.15, -0.1) is 0 Å². The highest BCUT2D eigenvalue weighted by molar-refractivity contribution is 5.80. The van der Waals surface area contributed by atoms with Gasteiger partial charge in [0.2, 0.25) is 11.7 Å². The fourth-order valence-electron chi connectivity index (χ4n) is 5.11. The summed E-state index contributed by atoms with van der Waals surface area (Å²) in [6.45, 7) is 6.73. The highest BCUT2D eigenvalue weighted by atomic mass is 16.5. The summed E-state index contributed by atoms with van der Waals surface area (Å²) in [7, 11) is 0. The maximum absolute atomic E-state index is 12.6. The number of aromatic nitrogens is 2. The Morgan fingerprint density at radius 1 is 1.31 bits per heavy atom. The van der Waals surface area contributed by atoms with E-state index in [1.165, 1.54) is 11.1 Å². The first kappa shape index (κ1) is 24.2. The maximum atomic E-state index is 12.6. The number of benzene rings is 1. The van der Waals surface area contributed by atoms with Crippen molar-refractivity contribution in [3.63, 3.8) is 0 Å². The van der Waals surface area contributed by atoms with Crippen LogP contribution in [0.25, 0.3) is 17.0 Å². The molecule has 3 aliphatic rings. The highest BCUT2D eigenvalue weighted by Crippen LogP contribution is 2.41. The molecule has 1 N–H and O–H groups in total. The Morgan fingerprint density at radius 2 is 2.14 bits per heavy atom. The molecule has 0 spiro atoms. The Morgan fingerprint density at radius 3 is 2.92 bits per heavy atom. The Labute approximate surface area is 210 Å². The highest BCUT2D eigenvalue weighted by Gasteiger charge is 2.31. The number of morpholine rings is 1. The molecule has 1 aliphatic heterocycles. The van der Waals surface area contributed by atoms with E-state index < -0.39 is 0 Å². The molecule has 9 heteroatoms. The van der Waals surface area contributed by atoms with Crippen molar-refractivity contribution in [3.05, 3.63) is 46.8 Å². The summed E-state index contributed by atoms with van der Waals surface area (Å²) in [5.74, 6) is 1.60. The average Bonchev–Trinajstić information content (AvgIpc) is 3.55. The summed E-state index contributed by atoms with van der Waals surface area (Å²) in [5, 5.41) is 17.3. The zero-order chi connectivity index (χ0) is 25.1. The molecule has 0 saturated carbocycles. The number of nitrogens with one attached hydrogen (secondary N) is 1. The zero-order valence-electron chi connectivity index (χ0n) is 20.7. The summed E-state index contributed by atoms with van der Waals surface area (Å²) in [6, 6.07) is 7.69. The summed E-state index contributed by atoms with van der Waals surface area (Å²) in [4.78, 5) is 19.1. The molecule has 1 saturated heterocycles. The van der Waals surface area contributed by atoms with Crippen molar-refractivity contribution < 1.29 is 18.8 Å². The minimum absolute atomic E-state index is 0.0270. The number of nitrogens with zero attached hydrogens (tertiary/aromatic N) is 4. The van der Waals surface area contributed by atoms with Crippen LogP contribution in [0.1, 0.15) is 50.9 Å². The lowest BCUT2D eigenvalue weighted by Crippen LogP contribution is -2.46. The van der Waals surface area contributed by atoms with Crippen molar-refractivity contribution in [2.75, 3.05) is 32.8 Å².